The Morgan fingerprint density at radius 2 is 1.27 bits per heavy atom. The van der Waals surface area contributed by atoms with Gasteiger partial charge in [-0.1, -0.05) is 61.9 Å². The lowest BCUT2D eigenvalue weighted by Crippen LogP contribution is -2.44. The van der Waals surface area contributed by atoms with E-state index in [9.17, 15) is 26.4 Å². The van der Waals surface area contributed by atoms with Crippen molar-refractivity contribution >= 4 is 42.5 Å². The van der Waals surface area contributed by atoms with Crippen LogP contribution in [0.25, 0.3) is 11.1 Å². The summed E-state index contributed by atoms with van der Waals surface area (Å²) in [5.41, 5.74) is 0.945. The third-order valence-corrected chi connectivity index (χ3v) is 10.3. The SMILES string of the molecule is CCC[C@H](NC(=O)C(CCS(=O)(=O)c1ccccc1)CCS(=O)(=O)c1ccccc1)C(=O)c1nc2ccccc2o1. The molecule has 1 atom stereocenters. The second kappa shape index (κ2) is 13.2. The lowest BCUT2D eigenvalue weighted by molar-refractivity contribution is -0.125. The fourth-order valence-corrected chi connectivity index (χ4v) is 7.27. The number of Topliss-reactive ketones (excluding diaryl/α,β-unsaturated/α-hetero) is 1. The van der Waals surface area contributed by atoms with Gasteiger partial charge in [0.15, 0.2) is 25.3 Å². The summed E-state index contributed by atoms with van der Waals surface area (Å²) in [5, 5.41) is 2.73. The molecular weight excluding hydrogens is 564 g/mol. The average Bonchev–Trinajstić information content (AvgIpc) is 3.42. The molecule has 1 N–H and O–H groups in total. The Kier molecular flexibility index (Phi) is 9.72. The molecule has 1 amide bonds. The van der Waals surface area contributed by atoms with Crippen molar-refractivity contribution in [2.75, 3.05) is 11.5 Å². The molecule has 0 saturated carbocycles. The molecule has 0 bridgehead atoms. The zero-order valence-electron chi connectivity index (χ0n) is 22.6. The van der Waals surface area contributed by atoms with Gasteiger partial charge < -0.3 is 9.73 Å². The average molecular weight is 597 g/mol. The number of carbonyl (C=O) groups excluding carboxylic acids is 2. The maximum Gasteiger partial charge on any atom is 0.266 e. The van der Waals surface area contributed by atoms with Crippen molar-refractivity contribution < 1.29 is 30.8 Å². The fraction of sp³-hybridized carbons (Fsp3) is 0.300. The zero-order valence-corrected chi connectivity index (χ0v) is 24.2. The van der Waals surface area contributed by atoms with Gasteiger partial charge in [-0.05, 0) is 55.7 Å². The number of benzene rings is 3. The predicted octanol–water partition coefficient (Wildman–Crippen LogP) is 4.64. The second-order valence-electron chi connectivity index (χ2n) is 9.74. The molecule has 0 radical (unpaired) electrons. The van der Waals surface area contributed by atoms with Crippen LogP contribution in [0.2, 0.25) is 0 Å². The lowest BCUT2D eigenvalue weighted by atomic mass is 10.00. The number of para-hydroxylation sites is 2. The van der Waals surface area contributed by atoms with E-state index < -0.39 is 43.3 Å². The summed E-state index contributed by atoms with van der Waals surface area (Å²) >= 11 is 0. The zero-order chi connectivity index (χ0) is 29.5. The number of nitrogens with zero attached hydrogens (tertiary/aromatic N) is 1. The summed E-state index contributed by atoms with van der Waals surface area (Å²) < 4.78 is 57.5. The Morgan fingerprint density at radius 1 is 0.756 bits per heavy atom. The Balaban J connectivity index is 1.54. The molecular formula is C30H32N2O7S2. The van der Waals surface area contributed by atoms with Crippen molar-refractivity contribution in [1.29, 1.82) is 0 Å². The van der Waals surface area contributed by atoms with E-state index in [1.165, 1.54) is 24.3 Å². The van der Waals surface area contributed by atoms with Crippen LogP contribution in [-0.4, -0.2) is 51.1 Å². The summed E-state index contributed by atoms with van der Waals surface area (Å²) in [6, 6.07) is 21.7. The van der Waals surface area contributed by atoms with Gasteiger partial charge in [-0.2, -0.15) is 0 Å². The van der Waals surface area contributed by atoms with Crippen LogP contribution in [0, 0.1) is 5.92 Å². The molecule has 0 aliphatic heterocycles. The number of amides is 1. The van der Waals surface area contributed by atoms with Gasteiger partial charge in [0.1, 0.15) is 5.52 Å². The van der Waals surface area contributed by atoms with Gasteiger partial charge >= 0.3 is 0 Å². The van der Waals surface area contributed by atoms with E-state index in [1.54, 1.807) is 60.7 Å². The van der Waals surface area contributed by atoms with Crippen LogP contribution < -0.4 is 5.32 Å². The summed E-state index contributed by atoms with van der Waals surface area (Å²) in [4.78, 5) is 31.3. The van der Waals surface area contributed by atoms with Crippen LogP contribution in [-0.2, 0) is 24.5 Å². The van der Waals surface area contributed by atoms with Crippen molar-refractivity contribution in [3.05, 3.63) is 90.8 Å². The van der Waals surface area contributed by atoms with E-state index in [-0.39, 0.29) is 40.0 Å². The van der Waals surface area contributed by atoms with Gasteiger partial charge in [-0.25, -0.2) is 21.8 Å². The number of nitrogens with one attached hydrogen (secondary N) is 1. The standard InChI is InChI=1S/C30H32N2O7S2/c1-2-11-26(28(33)30-32-25-16-9-10-17-27(25)39-30)31-29(34)22(18-20-40(35,36)23-12-5-3-6-13-23)19-21-41(37,38)24-14-7-4-8-15-24/h3-10,12-17,22,26H,2,11,18-21H2,1H3,(H,31,34)/t26-/m0/s1. The first-order valence-corrected chi connectivity index (χ1v) is 16.7. The van der Waals surface area contributed by atoms with Gasteiger partial charge in [0.25, 0.3) is 5.89 Å². The Hall–Kier alpha value is -3.83. The van der Waals surface area contributed by atoms with Gasteiger partial charge in [0.2, 0.25) is 11.7 Å². The van der Waals surface area contributed by atoms with E-state index in [1.807, 2.05) is 6.92 Å². The number of hydrogen-bond donors (Lipinski definition) is 1. The second-order valence-corrected chi connectivity index (χ2v) is 14.0. The minimum absolute atomic E-state index is 0.117. The highest BCUT2D eigenvalue weighted by Crippen LogP contribution is 2.21. The Morgan fingerprint density at radius 3 is 1.78 bits per heavy atom. The van der Waals surface area contributed by atoms with Gasteiger partial charge in [-0.3, -0.25) is 9.59 Å². The topological polar surface area (TPSA) is 140 Å². The smallest absolute Gasteiger partial charge is 0.266 e. The van der Waals surface area contributed by atoms with Gasteiger partial charge in [0, 0.05) is 5.92 Å². The molecule has 1 aromatic heterocycles. The summed E-state index contributed by atoms with van der Waals surface area (Å²) in [6.45, 7) is 1.86. The van der Waals surface area contributed by atoms with Crippen molar-refractivity contribution in [2.24, 2.45) is 5.92 Å². The van der Waals surface area contributed by atoms with Gasteiger partial charge in [-0.15, -0.1) is 0 Å². The highest BCUT2D eigenvalue weighted by atomic mass is 32.2. The van der Waals surface area contributed by atoms with E-state index in [0.717, 1.165) is 0 Å². The Bertz CT molecular complexity index is 1590. The number of oxazole rings is 1. The molecule has 0 spiro atoms. The first-order chi connectivity index (χ1) is 19.6. The van der Waals surface area contributed by atoms with E-state index in [2.05, 4.69) is 10.3 Å². The molecule has 0 fully saturated rings. The van der Waals surface area contributed by atoms with Crippen LogP contribution in [0.5, 0.6) is 0 Å². The van der Waals surface area contributed by atoms with E-state index in [0.29, 0.717) is 23.9 Å². The van der Waals surface area contributed by atoms with Crippen molar-refractivity contribution in [1.82, 2.24) is 10.3 Å². The number of carbonyl (C=O) groups is 2. The lowest BCUT2D eigenvalue weighted by Gasteiger charge is -2.21. The molecule has 0 saturated heterocycles. The summed E-state index contributed by atoms with van der Waals surface area (Å²) in [6.07, 6.45) is 0.611. The van der Waals surface area contributed by atoms with Crippen LogP contribution >= 0.6 is 0 Å². The van der Waals surface area contributed by atoms with Crippen molar-refractivity contribution in [3.8, 4) is 0 Å². The highest BCUT2D eigenvalue weighted by Gasteiger charge is 2.31. The number of ketones is 1. The molecule has 3 aromatic carbocycles. The largest absolute Gasteiger partial charge is 0.434 e. The van der Waals surface area contributed by atoms with E-state index >= 15 is 0 Å². The van der Waals surface area contributed by atoms with Crippen LogP contribution in [0.3, 0.4) is 0 Å². The highest BCUT2D eigenvalue weighted by molar-refractivity contribution is 7.91. The molecule has 41 heavy (non-hydrogen) atoms. The normalized spacial score (nSPS) is 12.8. The molecule has 1 heterocycles. The van der Waals surface area contributed by atoms with Crippen molar-refractivity contribution in [3.63, 3.8) is 0 Å². The molecule has 4 rings (SSSR count). The molecule has 0 aliphatic rings. The number of sulfone groups is 2. The fourth-order valence-electron chi connectivity index (χ4n) is 4.47. The molecule has 4 aromatic rings. The molecule has 0 aliphatic carbocycles. The minimum Gasteiger partial charge on any atom is -0.434 e. The number of rotatable bonds is 14. The summed E-state index contributed by atoms with van der Waals surface area (Å²) in [5.74, 6) is -2.96. The number of hydrogen-bond acceptors (Lipinski definition) is 8. The monoisotopic (exact) mass is 596 g/mol. The molecule has 9 nitrogen and oxygen atoms in total. The summed E-state index contributed by atoms with van der Waals surface area (Å²) in [7, 11) is -7.46. The van der Waals surface area contributed by atoms with E-state index in [4.69, 9.17) is 4.42 Å². The molecule has 11 heteroatoms. The first kappa shape index (κ1) is 30.1. The van der Waals surface area contributed by atoms with Crippen LogP contribution in [0.4, 0.5) is 0 Å². The van der Waals surface area contributed by atoms with Gasteiger partial charge in [0.05, 0.1) is 27.3 Å². The maximum absolute atomic E-state index is 13.5. The Labute approximate surface area is 239 Å². The minimum atomic E-state index is -3.73. The first-order valence-electron chi connectivity index (χ1n) is 13.4. The third-order valence-electron chi connectivity index (χ3n) is 6.76. The number of aromatic nitrogens is 1. The number of fused-ring (bicyclic) bond motifs is 1. The molecule has 0 unspecified atom stereocenters. The predicted molar refractivity (Wildman–Crippen MR) is 155 cm³/mol. The third kappa shape index (κ3) is 7.68. The maximum atomic E-state index is 13.5. The van der Waals surface area contributed by atoms with Crippen LogP contribution in [0.15, 0.2) is 99.1 Å². The van der Waals surface area contributed by atoms with Crippen molar-refractivity contribution in [2.45, 2.75) is 48.4 Å². The molecule has 216 valence electrons. The quantitative estimate of drug-likeness (QED) is 0.208. The van der Waals surface area contributed by atoms with Crippen LogP contribution in [0.1, 0.15) is 43.3 Å².